The molecule has 0 aliphatic rings. The number of nitrogens with zero attached hydrogens (tertiary/aromatic N) is 2. The van der Waals surface area contributed by atoms with Crippen molar-refractivity contribution in [3.8, 4) is 17.5 Å². The Kier molecular flexibility index (Phi) is 2.23. The number of rotatable bonds is 1. The quantitative estimate of drug-likeness (QED) is 0.668. The maximum Gasteiger partial charge on any atom is 0.268 e. The second-order valence-corrected chi connectivity index (χ2v) is 3.57. The number of aromatic hydroxyl groups is 1. The van der Waals surface area contributed by atoms with Crippen LogP contribution in [0.1, 0.15) is 0 Å². The van der Waals surface area contributed by atoms with Crippen LogP contribution in [-0.2, 0) is 0 Å². The minimum absolute atomic E-state index is 0.165. The van der Waals surface area contributed by atoms with E-state index in [2.05, 4.69) is 19.9 Å². The molecule has 0 saturated heterocycles. The van der Waals surface area contributed by atoms with Crippen molar-refractivity contribution in [2.45, 2.75) is 0 Å². The third-order valence-corrected chi connectivity index (χ3v) is 2.54. The molecular formula is C7H5IN4O2. The summed E-state index contributed by atoms with van der Waals surface area (Å²) in [6.45, 7) is 0. The molecule has 72 valence electrons. The zero-order chi connectivity index (χ0) is 10.1. The molecule has 0 aromatic carbocycles. The highest BCUT2D eigenvalue weighted by atomic mass is 127. The van der Waals surface area contributed by atoms with Crippen LogP contribution in [0.3, 0.4) is 0 Å². The van der Waals surface area contributed by atoms with Gasteiger partial charge in [0.1, 0.15) is 3.57 Å². The number of nitrogens with one attached hydrogen (secondary N) is 2. The summed E-state index contributed by atoms with van der Waals surface area (Å²) in [5, 5.41) is 9.30. The lowest BCUT2D eigenvalue weighted by Gasteiger charge is -1.98. The number of hydrogen-bond donors (Lipinski definition) is 3. The molecule has 0 amide bonds. The maximum atomic E-state index is 11.3. The lowest BCUT2D eigenvalue weighted by molar-refractivity contribution is 0.447. The van der Waals surface area contributed by atoms with Gasteiger partial charge >= 0.3 is 0 Å². The molecule has 2 rings (SSSR count). The summed E-state index contributed by atoms with van der Waals surface area (Å²) < 4.78 is 0.165. The van der Waals surface area contributed by atoms with Crippen molar-refractivity contribution in [3.05, 3.63) is 26.3 Å². The minimum Gasteiger partial charge on any atom is -0.492 e. The van der Waals surface area contributed by atoms with Gasteiger partial charge in [-0.25, -0.2) is 4.98 Å². The van der Waals surface area contributed by atoms with E-state index < -0.39 is 0 Å². The highest BCUT2D eigenvalue weighted by Crippen LogP contribution is 2.14. The highest BCUT2D eigenvalue weighted by Gasteiger charge is 2.09. The fourth-order valence-electron chi connectivity index (χ4n) is 0.954. The van der Waals surface area contributed by atoms with Crippen LogP contribution >= 0.6 is 22.6 Å². The Balaban J connectivity index is 2.63. The molecule has 7 heteroatoms. The monoisotopic (exact) mass is 304 g/mol. The van der Waals surface area contributed by atoms with E-state index in [0.29, 0.717) is 5.82 Å². The largest absolute Gasteiger partial charge is 0.492 e. The smallest absolute Gasteiger partial charge is 0.268 e. The van der Waals surface area contributed by atoms with Crippen molar-refractivity contribution in [2.24, 2.45) is 0 Å². The molecule has 0 aliphatic heterocycles. The van der Waals surface area contributed by atoms with Gasteiger partial charge in [-0.2, -0.15) is 4.98 Å². The molecule has 0 bridgehead atoms. The van der Waals surface area contributed by atoms with Crippen molar-refractivity contribution in [1.29, 1.82) is 0 Å². The van der Waals surface area contributed by atoms with Crippen molar-refractivity contribution in [3.63, 3.8) is 0 Å². The molecule has 6 nitrogen and oxygen atoms in total. The molecule has 0 saturated carbocycles. The summed E-state index contributed by atoms with van der Waals surface area (Å²) in [5.41, 5.74) is -0.385. The Morgan fingerprint density at radius 3 is 2.79 bits per heavy atom. The number of imidazole rings is 1. The Bertz CT molecular complexity index is 505. The van der Waals surface area contributed by atoms with Crippen LogP contribution in [0.25, 0.3) is 11.6 Å². The van der Waals surface area contributed by atoms with Crippen LogP contribution in [-0.4, -0.2) is 25.0 Å². The standard InChI is InChI=1S/C7H5IN4O2/c8-3-6(13)11-5(12-7(3)14)4-9-1-2-10-4/h1-2H,(H,9,10)(H2,11,12,13,14). The first-order chi connectivity index (χ1) is 6.68. The van der Waals surface area contributed by atoms with E-state index in [-0.39, 0.29) is 20.8 Å². The summed E-state index contributed by atoms with van der Waals surface area (Å²) >= 11 is 1.72. The topological polar surface area (TPSA) is 94.7 Å². The molecule has 14 heavy (non-hydrogen) atoms. The lowest BCUT2D eigenvalue weighted by Crippen LogP contribution is -2.12. The number of hydrogen-bond acceptors (Lipinski definition) is 4. The van der Waals surface area contributed by atoms with Gasteiger partial charge in [0.15, 0.2) is 11.6 Å². The van der Waals surface area contributed by atoms with Gasteiger partial charge in [-0.3, -0.25) is 4.79 Å². The third kappa shape index (κ3) is 1.50. The molecule has 0 spiro atoms. The minimum atomic E-state index is -0.385. The number of H-pyrrole nitrogens is 2. The summed E-state index contributed by atoms with van der Waals surface area (Å²) in [6.07, 6.45) is 3.13. The number of aromatic amines is 2. The SMILES string of the molecule is O=c1[nH]c(-c2ncc[nH]2)nc(O)c1I. The van der Waals surface area contributed by atoms with Crippen molar-refractivity contribution >= 4 is 22.6 Å². The summed E-state index contributed by atoms with van der Waals surface area (Å²) in [7, 11) is 0. The molecule has 2 aromatic heterocycles. The van der Waals surface area contributed by atoms with E-state index >= 15 is 0 Å². The van der Waals surface area contributed by atoms with Gasteiger partial charge in [-0.1, -0.05) is 0 Å². The van der Waals surface area contributed by atoms with Gasteiger partial charge in [-0.05, 0) is 22.6 Å². The van der Waals surface area contributed by atoms with E-state index in [0.717, 1.165) is 0 Å². The molecule has 0 unspecified atom stereocenters. The highest BCUT2D eigenvalue weighted by molar-refractivity contribution is 14.1. The summed E-state index contributed by atoms with van der Waals surface area (Å²) in [6, 6.07) is 0. The van der Waals surface area contributed by atoms with Crippen LogP contribution in [0.5, 0.6) is 5.88 Å². The molecule has 0 fully saturated rings. The average Bonchev–Trinajstić information content (AvgIpc) is 2.66. The Morgan fingerprint density at radius 1 is 1.43 bits per heavy atom. The Morgan fingerprint density at radius 2 is 2.21 bits per heavy atom. The van der Waals surface area contributed by atoms with E-state index in [1.165, 1.54) is 6.20 Å². The van der Waals surface area contributed by atoms with E-state index in [1.54, 1.807) is 28.8 Å². The maximum absolute atomic E-state index is 11.3. The van der Waals surface area contributed by atoms with E-state index in [1.807, 2.05) is 0 Å². The number of aromatic nitrogens is 4. The number of halogens is 1. The van der Waals surface area contributed by atoms with Gasteiger partial charge in [0, 0.05) is 12.4 Å². The van der Waals surface area contributed by atoms with Crippen LogP contribution in [0.2, 0.25) is 0 Å². The summed E-state index contributed by atoms with van der Waals surface area (Å²) in [4.78, 5) is 24.2. The molecule has 2 aromatic rings. The van der Waals surface area contributed by atoms with Gasteiger partial charge in [-0.15, -0.1) is 0 Å². The Hall–Kier alpha value is -1.38. The second kappa shape index (κ2) is 3.40. The second-order valence-electron chi connectivity index (χ2n) is 2.49. The Labute approximate surface area is 91.6 Å². The molecule has 3 N–H and O–H groups in total. The molecule has 2 heterocycles. The molecule has 0 atom stereocenters. The first kappa shape index (κ1) is 9.19. The van der Waals surface area contributed by atoms with Crippen molar-refractivity contribution < 1.29 is 5.11 Å². The first-order valence-corrected chi connectivity index (χ1v) is 4.75. The average molecular weight is 304 g/mol. The zero-order valence-corrected chi connectivity index (χ0v) is 8.94. The van der Waals surface area contributed by atoms with Crippen LogP contribution in [0, 0.1) is 3.57 Å². The fourth-order valence-corrected chi connectivity index (χ4v) is 1.21. The third-order valence-electron chi connectivity index (χ3n) is 1.57. The van der Waals surface area contributed by atoms with Crippen molar-refractivity contribution in [1.82, 2.24) is 19.9 Å². The molecule has 0 radical (unpaired) electrons. The predicted molar refractivity (Wildman–Crippen MR) is 56.8 cm³/mol. The predicted octanol–water partition coefficient (Wildman–Crippen LogP) is 0.470. The van der Waals surface area contributed by atoms with Crippen LogP contribution in [0.4, 0.5) is 0 Å². The van der Waals surface area contributed by atoms with E-state index in [9.17, 15) is 9.90 Å². The van der Waals surface area contributed by atoms with Gasteiger partial charge in [0.05, 0.1) is 0 Å². The van der Waals surface area contributed by atoms with Gasteiger partial charge < -0.3 is 15.1 Å². The normalized spacial score (nSPS) is 10.4. The molecular weight excluding hydrogens is 299 g/mol. The molecule has 0 aliphatic carbocycles. The van der Waals surface area contributed by atoms with Gasteiger partial charge in [0.25, 0.3) is 5.56 Å². The first-order valence-electron chi connectivity index (χ1n) is 3.67. The van der Waals surface area contributed by atoms with Gasteiger partial charge in [0.2, 0.25) is 5.88 Å². The fraction of sp³-hybridized carbons (Fsp3) is 0. The van der Waals surface area contributed by atoms with E-state index in [4.69, 9.17) is 0 Å². The summed E-state index contributed by atoms with van der Waals surface area (Å²) in [5.74, 6) is 0.340. The van der Waals surface area contributed by atoms with Crippen molar-refractivity contribution in [2.75, 3.05) is 0 Å². The van der Waals surface area contributed by atoms with Crippen LogP contribution in [0.15, 0.2) is 17.2 Å². The zero-order valence-electron chi connectivity index (χ0n) is 6.78. The van der Waals surface area contributed by atoms with Crippen LogP contribution < -0.4 is 5.56 Å². The lowest BCUT2D eigenvalue weighted by atomic mass is 10.5.